The largest absolute Gasteiger partial charge is 0.392 e. The molecule has 0 aromatic heterocycles. The predicted molar refractivity (Wildman–Crippen MR) is 96.7 cm³/mol. The van der Waals surface area contributed by atoms with E-state index in [4.69, 9.17) is 17.2 Å². The summed E-state index contributed by atoms with van der Waals surface area (Å²) in [4.78, 5) is 46.4. The molecule has 144 valence electrons. The molecule has 0 aliphatic heterocycles. The number of ether oxygens (including phenoxy) is 2. The number of thioether (sulfide) groups is 2. The van der Waals surface area contributed by atoms with Gasteiger partial charge in [0.15, 0.2) is 0 Å². The lowest BCUT2D eigenvalue weighted by molar-refractivity contribution is -0.166. The molecule has 0 aliphatic rings. The number of hydrogen-bond donors (Lipinski definition) is 3. The van der Waals surface area contributed by atoms with Gasteiger partial charge in [-0.15, -0.1) is 0 Å². The molecule has 11 heteroatoms. The van der Waals surface area contributed by atoms with E-state index in [0.717, 1.165) is 0 Å². The number of hydrogen-bond acceptors (Lipinski definition) is 11. The summed E-state index contributed by atoms with van der Waals surface area (Å²) >= 11 is 2.99. The van der Waals surface area contributed by atoms with Gasteiger partial charge in [-0.05, 0) is 36.9 Å². The van der Waals surface area contributed by atoms with Gasteiger partial charge in [0.05, 0.1) is 6.42 Å². The van der Waals surface area contributed by atoms with Gasteiger partial charge in [0.2, 0.25) is 0 Å². The molecule has 0 rings (SSSR count). The molecule has 0 unspecified atom stereocenters. The Bertz CT molecular complexity index is 477. The molecule has 0 radical (unpaired) electrons. The summed E-state index contributed by atoms with van der Waals surface area (Å²) in [6, 6.07) is -3.33. The molecule has 0 heterocycles. The van der Waals surface area contributed by atoms with Gasteiger partial charge in [0.25, 0.3) is 0 Å². The lowest BCUT2D eigenvalue weighted by Crippen LogP contribution is -2.41. The highest BCUT2D eigenvalue weighted by molar-refractivity contribution is 7.98. The van der Waals surface area contributed by atoms with Gasteiger partial charge < -0.3 is 26.7 Å². The van der Waals surface area contributed by atoms with Gasteiger partial charge in [-0.25, -0.2) is 14.4 Å². The van der Waals surface area contributed by atoms with Crippen molar-refractivity contribution >= 4 is 47.4 Å². The van der Waals surface area contributed by atoms with Crippen LogP contribution in [0.25, 0.3) is 0 Å². The lowest BCUT2D eigenvalue weighted by Gasteiger charge is -2.13. The topological polar surface area (TPSA) is 165 Å². The summed E-state index contributed by atoms with van der Waals surface area (Å²) in [5, 5.41) is 0. The van der Waals surface area contributed by atoms with Crippen LogP contribution < -0.4 is 17.2 Å². The van der Waals surface area contributed by atoms with Crippen LogP contribution in [-0.4, -0.2) is 66.0 Å². The summed E-state index contributed by atoms with van der Waals surface area (Å²) < 4.78 is 9.04. The Morgan fingerprint density at radius 3 is 1.60 bits per heavy atom. The fourth-order valence-corrected chi connectivity index (χ4v) is 2.45. The molecular formula is C14H25N3O6S2. The number of carbonyl (C=O) groups is 4. The van der Waals surface area contributed by atoms with E-state index >= 15 is 0 Å². The van der Waals surface area contributed by atoms with Gasteiger partial charge >= 0.3 is 23.9 Å². The molecule has 9 nitrogen and oxygen atoms in total. The van der Waals surface area contributed by atoms with Crippen molar-refractivity contribution in [2.75, 3.05) is 24.0 Å². The van der Waals surface area contributed by atoms with Crippen molar-refractivity contribution in [3.8, 4) is 0 Å². The van der Waals surface area contributed by atoms with E-state index in [1.807, 2.05) is 12.5 Å². The van der Waals surface area contributed by atoms with Crippen molar-refractivity contribution in [2.45, 2.75) is 37.4 Å². The molecule has 0 saturated heterocycles. The predicted octanol–water partition coefficient (Wildman–Crippen LogP) is -0.996. The highest BCUT2D eigenvalue weighted by Crippen LogP contribution is 2.04. The van der Waals surface area contributed by atoms with Crippen molar-refractivity contribution in [1.82, 2.24) is 0 Å². The quantitative estimate of drug-likeness (QED) is 0.290. The fraction of sp³-hybridized carbons (Fsp3) is 0.714. The Labute approximate surface area is 155 Å². The second kappa shape index (κ2) is 13.1. The zero-order chi connectivity index (χ0) is 19.4. The first-order chi connectivity index (χ1) is 11.7. The van der Waals surface area contributed by atoms with Gasteiger partial charge in [0, 0.05) is 0 Å². The van der Waals surface area contributed by atoms with E-state index in [1.165, 1.54) is 23.5 Å². The van der Waals surface area contributed by atoms with Crippen LogP contribution in [0.15, 0.2) is 0 Å². The SMILES string of the molecule is CSCC[C@H](N)C(=O)OC(=O)C[C@H](N)C(=O)OC(=O)[C@@H](N)CCSC. The first-order valence-electron chi connectivity index (χ1n) is 7.47. The van der Waals surface area contributed by atoms with Crippen LogP contribution in [0.3, 0.4) is 0 Å². The normalized spacial score (nSPS) is 14.3. The maximum absolute atomic E-state index is 11.7. The summed E-state index contributed by atoms with van der Waals surface area (Å²) in [5.41, 5.74) is 16.6. The summed E-state index contributed by atoms with van der Waals surface area (Å²) in [6.07, 6.45) is 3.77. The molecule has 0 bridgehead atoms. The number of rotatable bonds is 11. The van der Waals surface area contributed by atoms with Crippen LogP contribution >= 0.6 is 23.5 Å². The van der Waals surface area contributed by atoms with E-state index in [2.05, 4.69) is 9.47 Å². The van der Waals surface area contributed by atoms with Gasteiger partial charge in [-0.2, -0.15) is 23.5 Å². The molecule has 0 spiro atoms. The number of esters is 4. The minimum atomic E-state index is -1.44. The molecule has 6 N–H and O–H groups in total. The minimum Gasteiger partial charge on any atom is -0.392 e. The van der Waals surface area contributed by atoms with Gasteiger partial charge in [-0.3, -0.25) is 4.79 Å². The average molecular weight is 396 g/mol. The smallest absolute Gasteiger partial charge is 0.331 e. The lowest BCUT2D eigenvalue weighted by atomic mass is 10.2. The Kier molecular flexibility index (Phi) is 12.5. The summed E-state index contributed by atoms with van der Waals surface area (Å²) in [7, 11) is 0. The zero-order valence-electron chi connectivity index (χ0n) is 14.3. The molecule has 0 aliphatic carbocycles. The zero-order valence-corrected chi connectivity index (χ0v) is 15.9. The third-order valence-corrected chi connectivity index (χ3v) is 4.26. The molecule has 25 heavy (non-hydrogen) atoms. The first kappa shape index (κ1) is 23.9. The van der Waals surface area contributed by atoms with Crippen molar-refractivity contribution in [2.24, 2.45) is 17.2 Å². The molecule has 0 aromatic carbocycles. The fourth-order valence-electron chi connectivity index (χ4n) is 1.47. The molecule has 0 saturated carbocycles. The maximum Gasteiger partial charge on any atom is 0.331 e. The highest BCUT2D eigenvalue weighted by Gasteiger charge is 2.27. The second-order valence-electron chi connectivity index (χ2n) is 5.12. The number of nitrogens with two attached hydrogens (primary N) is 3. The Morgan fingerprint density at radius 1 is 0.760 bits per heavy atom. The van der Waals surface area contributed by atoms with Crippen LogP contribution in [0.2, 0.25) is 0 Å². The van der Waals surface area contributed by atoms with Crippen molar-refractivity contribution in [3.63, 3.8) is 0 Å². The molecule has 0 aromatic rings. The van der Waals surface area contributed by atoms with Gasteiger partial charge in [0.1, 0.15) is 18.1 Å². The van der Waals surface area contributed by atoms with Crippen LogP contribution in [-0.2, 0) is 28.7 Å². The van der Waals surface area contributed by atoms with Gasteiger partial charge in [-0.1, -0.05) is 0 Å². The molecule has 3 atom stereocenters. The Balaban J connectivity index is 4.31. The summed E-state index contributed by atoms with van der Waals surface area (Å²) in [5.74, 6) is -2.68. The Morgan fingerprint density at radius 2 is 1.16 bits per heavy atom. The Hall–Kier alpha value is -1.14. The van der Waals surface area contributed by atoms with E-state index < -0.39 is 48.4 Å². The third-order valence-electron chi connectivity index (χ3n) is 2.98. The van der Waals surface area contributed by atoms with Crippen LogP contribution in [0, 0.1) is 0 Å². The van der Waals surface area contributed by atoms with Crippen molar-refractivity contribution in [1.29, 1.82) is 0 Å². The molecular weight excluding hydrogens is 370 g/mol. The van der Waals surface area contributed by atoms with E-state index in [1.54, 1.807) is 0 Å². The average Bonchev–Trinajstić information content (AvgIpc) is 2.56. The summed E-state index contributed by atoms with van der Waals surface area (Å²) in [6.45, 7) is 0. The highest BCUT2D eigenvalue weighted by atomic mass is 32.2. The van der Waals surface area contributed by atoms with Crippen LogP contribution in [0.1, 0.15) is 19.3 Å². The van der Waals surface area contributed by atoms with E-state index in [-0.39, 0.29) is 0 Å². The molecule has 0 amide bonds. The van der Waals surface area contributed by atoms with Crippen molar-refractivity contribution in [3.05, 3.63) is 0 Å². The first-order valence-corrected chi connectivity index (χ1v) is 10.3. The van der Waals surface area contributed by atoms with Crippen molar-refractivity contribution < 1.29 is 28.7 Å². The van der Waals surface area contributed by atoms with E-state index in [0.29, 0.717) is 24.3 Å². The van der Waals surface area contributed by atoms with Crippen LogP contribution in [0.5, 0.6) is 0 Å². The monoisotopic (exact) mass is 395 g/mol. The molecule has 0 fully saturated rings. The number of carbonyl (C=O) groups excluding carboxylic acids is 4. The standard InChI is InChI=1S/C14H25N3O6S2/c1-24-5-3-8(15)12(19)22-11(18)7-10(17)14(21)23-13(20)9(16)4-6-25-2/h8-10H,3-7,15-17H2,1-2H3/t8-,9-,10-/m0/s1. The maximum atomic E-state index is 11.7. The minimum absolute atomic E-state index is 0.340. The second-order valence-corrected chi connectivity index (χ2v) is 7.09. The van der Waals surface area contributed by atoms with E-state index in [9.17, 15) is 19.2 Å². The van der Waals surface area contributed by atoms with Crippen LogP contribution in [0.4, 0.5) is 0 Å². The third kappa shape index (κ3) is 10.4.